The molecule has 1 aromatic carbocycles. The van der Waals surface area contributed by atoms with E-state index in [2.05, 4.69) is 33.9 Å². The minimum Gasteiger partial charge on any atom is -0.469 e. The molecule has 0 unspecified atom stereocenters. The fourth-order valence-electron chi connectivity index (χ4n) is 2.27. The molecule has 1 rings (SSSR count). The summed E-state index contributed by atoms with van der Waals surface area (Å²) in [4.78, 5) is 12.0. The van der Waals surface area contributed by atoms with Gasteiger partial charge in [0.25, 0.3) is 0 Å². The van der Waals surface area contributed by atoms with Crippen LogP contribution in [0.1, 0.15) is 39.7 Å². The number of methoxy groups -OCH3 is 1. The first-order valence-electron chi connectivity index (χ1n) is 8.96. The van der Waals surface area contributed by atoms with Gasteiger partial charge in [-0.25, -0.2) is 0 Å². The molecule has 0 aliphatic rings. The van der Waals surface area contributed by atoms with Crippen LogP contribution < -0.4 is 0 Å². The van der Waals surface area contributed by atoms with Gasteiger partial charge in [-0.2, -0.15) is 0 Å². The van der Waals surface area contributed by atoms with Crippen molar-refractivity contribution in [3.05, 3.63) is 35.9 Å². The highest BCUT2D eigenvalue weighted by atomic mass is 28.4. The topological polar surface area (TPSA) is 44.8 Å². The van der Waals surface area contributed by atoms with Crippen molar-refractivity contribution in [3.63, 3.8) is 0 Å². The Morgan fingerprint density at radius 1 is 1.16 bits per heavy atom. The lowest BCUT2D eigenvalue weighted by atomic mass is 10.0. The Hall–Kier alpha value is -1.17. The van der Waals surface area contributed by atoms with Crippen molar-refractivity contribution in [3.8, 4) is 0 Å². The lowest BCUT2D eigenvalue weighted by Gasteiger charge is -2.40. The number of benzene rings is 1. The molecule has 0 fully saturated rings. The zero-order valence-electron chi connectivity index (χ0n) is 16.8. The van der Waals surface area contributed by atoms with Gasteiger partial charge >= 0.3 is 5.97 Å². The summed E-state index contributed by atoms with van der Waals surface area (Å²) < 4.78 is 17.2. The molecule has 142 valence electrons. The third kappa shape index (κ3) is 6.92. The van der Waals surface area contributed by atoms with Gasteiger partial charge in [-0.05, 0) is 37.0 Å². The normalized spacial score (nSPS) is 14.8. The van der Waals surface area contributed by atoms with E-state index in [4.69, 9.17) is 13.9 Å². The second-order valence-electron chi connectivity index (χ2n) is 8.06. The summed E-state index contributed by atoms with van der Waals surface area (Å²) in [7, 11) is -0.552. The highest BCUT2D eigenvalue weighted by Crippen LogP contribution is 2.38. The van der Waals surface area contributed by atoms with Crippen LogP contribution in [-0.4, -0.2) is 34.1 Å². The summed E-state index contributed by atoms with van der Waals surface area (Å²) in [6, 6.07) is 10.1. The van der Waals surface area contributed by atoms with E-state index in [0.717, 1.165) is 5.56 Å². The first-order chi connectivity index (χ1) is 11.6. The lowest BCUT2D eigenvalue weighted by molar-refractivity contribution is -0.148. The van der Waals surface area contributed by atoms with Crippen LogP contribution in [0.2, 0.25) is 18.1 Å². The van der Waals surface area contributed by atoms with Crippen molar-refractivity contribution in [1.29, 1.82) is 0 Å². The van der Waals surface area contributed by atoms with Gasteiger partial charge in [-0.15, -0.1) is 0 Å². The van der Waals surface area contributed by atoms with Crippen molar-refractivity contribution in [2.24, 2.45) is 5.92 Å². The maximum atomic E-state index is 12.0. The van der Waals surface area contributed by atoms with Crippen LogP contribution in [-0.2, 0) is 25.3 Å². The van der Waals surface area contributed by atoms with Gasteiger partial charge in [0.05, 0.1) is 25.7 Å². The molecule has 0 amide bonds. The monoisotopic (exact) mass is 366 g/mol. The maximum absolute atomic E-state index is 12.0. The first-order valence-corrected chi connectivity index (χ1v) is 11.9. The van der Waals surface area contributed by atoms with Gasteiger partial charge in [0.15, 0.2) is 8.32 Å². The predicted octanol–water partition coefficient (Wildman–Crippen LogP) is 4.79. The standard InChI is InChI=1S/C20H34O4Si/c1-16(19(21)22-5)18(24-25(6,7)20(2,3)4)13-14-23-15-17-11-9-8-10-12-17/h8-12,16,18H,13-15H2,1-7H3/t16-,18+/m1/s1. The van der Waals surface area contributed by atoms with Gasteiger partial charge in [0, 0.05) is 6.61 Å². The van der Waals surface area contributed by atoms with E-state index < -0.39 is 8.32 Å². The van der Waals surface area contributed by atoms with E-state index in [1.165, 1.54) is 7.11 Å². The second-order valence-corrected chi connectivity index (χ2v) is 12.8. The summed E-state index contributed by atoms with van der Waals surface area (Å²) in [5, 5.41) is 0.0893. The van der Waals surface area contributed by atoms with E-state index in [1.54, 1.807) is 0 Å². The van der Waals surface area contributed by atoms with Crippen LogP contribution in [0.5, 0.6) is 0 Å². The van der Waals surface area contributed by atoms with E-state index in [9.17, 15) is 4.79 Å². The number of rotatable bonds is 9. The molecular formula is C20H34O4Si. The predicted molar refractivity (Wildman–Crippen MR) is 104 cm³/mol. The number of esters is 1. The summed E-state index contributed by atoms with van der Waals surface area (Å²) in [6.07, 6.45) is 0.486. The third-order valence-electron chi connectivity index (χ3n) is 5.04. The smallest absolute Gasteiger partial charge is 0.310 e. The number of carbonyl (C=O) groups excluding carboxylic acids is 1. The van der Waals surface area contributed by atoms with Gasteiger partial charge in [-0.3, -0.25) is 4.79 Å². The minimum absolute atomic E-state index is 0.0893. The molecule has 0 bridgehead atoms. The molecule has 0 spiro atoms. The van der Waals surface area contributed by atoms with Crippen molar-refractivity contribution in [1.82, 2.24) is 0 Å². The Morgan fingerprint density at radius 3 is 2.28 bits per heavy atom. The quantitative estimate of drug-likeness (QED) is 0.358. The molecule has 0 aromatic heterocycles. The average molecular weight is 367 g/mol. The zero-order chi connectivity index (χ0) is 19.1. The number of hydrogen-bond acceptors (Lipinski definition) is 4. The molecule has 0 aliphatic heterocycles. The van der Waals surface area contributed by atoms with Crippen molar-refractivity contribution in [2.75, 3.05) is 13.7 Å². The molecule has 0 saturated heterocycles. The molecule has 2 atom stereocenters. The number of hydrogen-bond donors (Lipinski definition) is 0. The first kappa shape index (κ1) is 21.9. The summed E-state index contributed by atoms with van der Waals surface area (Å²) in [5.41, 5.74) is 1.14. The molecule has 0 aliphatic carbocycles. The van der Waals surface area contributed by atoms with E-state index in [1.807, 2.05) is 37.3 Å². The lowest BCUT2D eigenvalue weighted by Crippen LogP contribution is -2.47. The van der Waals surface area contributed by atoms with Crippen LogP contribution in [0.15, 0.2) is 30.3 Å². The Kier molecular flexibility index (Phi) is 8.31. The van der Waals surface area contributed by atoms with Crippen molar-refractivity contribution >= 4 is 14.3 Å². The van der Waals surface area contributed by atoms with Crippen LogP contribution in [0, 0.1) is 5.92 Å². The molecule has 4 nitrogen and oxygen atoms in total. The fourth-order valence-corrected chi connectivity index (χ4v) is 3.70. The fraction of sp³-hybridized carbons (Fsp3) is 0.650. The third-order valence-corrected chi connectivity index (χ3v) is 9.55. The highest BCUT2D eigenvalue weighted by molar-refractivity contribution is 6.74. The summed E-state index contributed by atoms with van der Waals surface area (Å²) in [6.45, 7) is 14.0. The van der Waals surface area contributed by atoms with Crippen molar-refractivity contribution < 1.29 is 18.7 Å². The number of carbonyl (C=O) groups is 1. The minimum atomic E-state index is -1.98. The molecule has 0 N–H and O–H groups in total. The SMILES string of the molecule is COC(=O)[C@H](C)[C@H](CCOCc1ccccc1)O[Si](C)(C)C(C)(C)C. The summed E-state index contributed by atoms with van der Waals surface area (Å²) >= 11 is 0. The highest BCUT2D eigenvalue weighted by Gasteiger charge is 2.41. The van der Waals surface area contributed by atoms with E-state index in [-0.39, 0.29) is 23.0 Å². The van der Waals surface area contributed by atoms with Gasteiger partial charge in [0.2, 0.25) is 0 Å². The largest absolute Gasteiger partial charge is 0.469 e. The van der Waals surface area contributed by atoms with Crippen LogP contribution in [0.25, 0.3) is 0 Å². The molecular weight excluding hydrogens is 332 g/mol. The Bertz CT molecular complexity index is 522. The second kappa shape index (κ2) is 9.50. The number of ether oxygens (including phenoxy) is 2. The maximum Gasteiger partial charge on any atom is 0.310 e. The van der Waals surface area contributed by atoms with Gasteiger partial charge in [-0.1, -0.05) is 51.1 Å². The van der Waals surface area contributed by atoms with Crippen molar-refractivity contribution in [2.45, 2.75) is 65.0 Å². The Morgan fingerprint density at radius 2 is 1.76 bits per heavy atom. The molecule has 5 heteroatoms. The Balaban J connectivity index is 2.66. The van der Waals surface area contributed by atoms with E-state index in [0.29, 0.717) is 19.6 Å². The van der Waals surface area contributed by atoms with Crippen LogP contribution in [0.4, 0.5) is 0 Å². The van der Waals surface area contributed by atoms with E-state index >= 15 is 0 Å². The molecule has 0 heterocycles. The average Bonchev–Trinajstić information content (AvgIpc) is 2.56. The Labute approximate surface area is 154 Å². The molecule has 0 saturated carbocycles. The van der Waals surface area contributed by atoms with Crippen LogP contribution in [0.3, 0.4) is 0 Å². The molecule has 1 aromatic rings. The van der Waals surface area contributed by atoms with Gasteiger partial charge < -0.3 is 13.9 Å². The summed E-state index contributed by atoms with van der Waals surface area (Å²) in [5.74, 6) is -0.536. The molecule has 25 heavy (non-hydrogen) atoms. The zero-order valence-corrected chi connectivity index (χ0v) is 17.8. The van der Waals surface area contributed by atoms with Crippen LogP contribution >= 0.6 is 0 Å². The molecule has 0 radical (unpaired) electrons. The van der Waals surface area contributed by atoms with Gasteiger partial charge in [0.1, 0.15) is 0 Å².